The van der Waals surface area contributed by atoms with Crippen molar-refractivity contribution in [3.63, 3.8) is 0 Å². The molecule has 3 rings (SSSR count). The van der Waals surface area contributed by atoms with Crippen molar-refractivity contribution in [3.05, 3.63) is 53.9 Å². The number of rotatable bonds is 7. The van der Waals surface area contributed by atoms with Crippen LogP contribution in [0.25, 0.3) is 11.5 Å². The van der Waals surface area contributed by atoms with Crippen molar-refractivity contribution in [1.82, 2.24) is 14.9 Å². The van der Waals surface area contributed by atoms with Gasteiger partial charge in [-0.2, -0.15) is 0 Å². The first-order valence-electron chi connectivity index (χ1n) is 8.04. The molecule has 0 atom stereocenters. The maximum atomic E-state index is 12.6. The summed E-state index contributed by atoms with van der Waals surface area (Å²) in [5.41, 5.74) is 1.78. The Morgan fingerprint density at radius 3 is 2.56 bits per heavy atom. The average Bonchev–Trinajstić information content (AvgIpc) is 3.15. The molecule has 0 radical (unpaired) electrons. The summed E-state index contributed by atoms with van der Waals surface area (Å²) in [4.78, 5) is -0.0389. The van der Waals surface area contributed by atoms with Crippen LogP contribution in [0.2, 0.25) is 0 Å². The van der Waals surface area contributed by atoms with Crippen molar-refractivity contribution in [2.45, 2.75) is 18.4 Å². The molecule has 142 valence electrons. The second kappa shape index (κ2) is 7.77. The number of benzene rings is 2. The van der Waals surface area contributed by atoms with Crippen molar-refractivity contribution < 1.29 is 22.3 Å². The van der Waals surface area contributed by atoms with Crippen LogP contribution in [0, 0.1) is 6.92 Å². The normalized spacial score (nSPS) is 11.4. The van der Waals surface area contributed by atoms with Crippen LogP contribution in [0.3, 0.4) is 0 Å². The summed E-state index contributed by atoms with van der Waals surface area (Å²) >= 11 is 0. The molecule has 2 aromatic carbocycles. The number of hydrogen-bond donors (Lipinski definition) is 1. The molecule has 0 spiro atoms. The number of aromatic nitrogens is 2. The minimum Gasteiger partial charge on any atom is -0.497 e. The fourth-order valence-corrected chi connectivity index (χ4v) is 3.63. The van der Waals surface area contributed by atoms with Gasteiger partial charge in [0.15, 0.2) is 0 Å². The van der Waals surface area contributed by atoms with Gasteiger partial charge in [0.25, 0.3) is 0 Å². The first kappa shape index (κ1) is 18.9. The van der Waals surface area contributed by atoms with Gasteiger partial charge in [-0.1, -0.05) is 18.2 Å². The second-order valence-corrected chi connectivity index (χ2v) is 7.39. The first-order valence-corrected chi connectivity index (χ1v) is 9.53. The van der Waals surface area contributed by atoms with Gasteiger partial charge in [0.2, 0.25) is 21.8 Å². The van der Waals surface area contributed by atoms with Crippen molar-refractivity contribution in [2.24, 2.45) is 0 Å². The van der Waals surface area contributed by atoms with E-state index in [1.807, 2.05) is 31.2 Å². The fourth-order valence-electron chi connectivity index (χ4n) is 2.48. The molecule has 27 heavy (non-hydrogen) atoms. The number of hydrogen-bond acceptors (Lipinski definition) is 7. The lowest BCUT2D eigenvalue weighted by molar-refractivity contribution is 0.391. The first-order chi connectivity index (χ1) is 12.9. The van der Waals surface area contributed by atoms with Crippen LogP contribution < -0.4 is 14.2 Å². The van der Waals surface area contributed by atoms with E-state index >= 15 is 0 Å². The Morgan fingerprint density at radius 2 is 1.85 bits per heavy atom. The highest BCUT2D eigenvalue weighted by atomic mass is 32.2. The van der Waals surface area contributed by atoms with Crippen molar-refractivity contribution in [2.75, 3.05) is 14.2 Å². The third-order valence-electron chi connectivity index (χ3n) is 3.92. The molecule has 1 heterocycles. The van der Waals surface area contributed by atoms with E-state index in [4.69, 9.17) is 13.9 Å². The zero-order valence-electron chi connectivity index (χ0n) is 15.1. The third kappa shape index (κ3) is 4.09. The summed E-state index contributed by atoms with van der Waals surface area (Å²) in [6.45, 7) is 1.78. The molecule has 0 fully saturated rings. The van der Waals surface area contributed by atoms with Crippen molar-refractivity contribution >= 4 is 10.0 Å². The summed E-state index contributed by atoms with van der Waals surface area (Å²) in [6, 6.07) is 12.1. The maximum absolute atomic E-state index is 12.6. The summed E-state index contributed by atoms with van der Waals surface area (Å²) < 4.78 is 43.5. The van der Waals surface area contributed by atoms with E-state index < -0.39 is 10.0 Å². The SMILES string of the molecule is COc1ccc(OC)c(S(=O)(=O)NCc2nnc(-c3ccccc3C)o2)c1. The molecule has 0 saturated carbocycles. The Hall–Kier alpha value is -2.91. The van der Waals surface area contributed by atoms with Crippen LogP contribution in [-0.4, -0.2) is 32.8 Å². The van der Waals surface area contributed by atoms with E-state index in [1.165, 1.54) is 26.4 Å². The number of methoxy groups -OCH3 is 2. The quantitative estimate of drug-likeness (QED) is 0.662. The molecule has 3 aromatic rings. The lowest BCUT2D eigenvalue weighted by Crippen LogP contribution is -2.24. The molecular weight excluding hydrogens is 370 g/mol. The smallest absolute Gasteiger partial charge is 0.248 e. The van der Waals surface area contributed by atoms with Crippen molar-refractivity contribution in [3.8, 4) is 23.0 Å². The van der Waals surface area contributed by atoms with Crippen LogP contribution in [0.5, 0.6) is 11.5 Å². The van der Waals surface area contributed by atoms with Gasteiger partial charge < -0.3 is 13.9 Å². The zero-order valence-corrected chi connectivity index (χ0v) is 15.9. The lowest BCUT2D eigenvalue weighted by atomic mass is 10.1. The van der Waals surface area contributed by atoms with Gasteiger partial charge in [-0.15, -0.1) is 10.2 Å². The van der Waals surface area contributed by atoms with Crippen LogP contribution in [0.15, 0.2) is 51.8 Å². The van der Waals surface area contributed by atoms with Gasteiger partial charge in [0.05, 0.1) is 20.8 Å². The average molecular weight is 389 g/mol. The van der Waals surface area contributed by atoms with E-state index in [0.717, 1.165) is 11.1 Å². The standard InChI is InChI=1S/C18H19N3O5S/c1-12-6-4-5-7-14(12)18-21-20-17(26-18)11-19-27(22,23)16-10-13(24-2)8-9-15(16)25-3/h4-10,19H,11H2,1-3H3. The highest BCUT2D eigenvalue weighted by Gasteiger charge is 2.21. The van der Waals surface area contributed by atoms with E-state index in [9.17, 15) is 8.42 Å². The molecule has 0 saturated heterocycles. The predicted molar refractivity (Wildman–Crippen MR) is 98.0 cm³/mol. The number of nitrogens with zero attached hydrogens (tertiary/aromatic N) is 2. The molecule has 0 aliphatic carbocycles. The monoisotopic (exact) mass is 389 g/mol. The molecule has 1 aromatic heterocycles. The minimum absolute atomic E-state index is 0.0389. The lowest BCUT2D eigenvalue weighted by Gasteiger charge is -2.11. The van der Waals surface area contributed by atoms with Gasteiger partial charge in [0, 0.05) is 11.6 Å². The summed E-state index contributed by atoms with van der Waals surface area (Å²) in [5, 5.41) is 7.89. The van der Waals surface area contributed by atoms with Gasteiger partial charge in [-0.25, -0.2) is 13.1 Å². The Labute approximate surface area is 157 Å². The number of sulfonamides is 1. The Morgan fingerprint density at radius 1 is 1.07 bits per heavy atom. The molecule has 0 bridgehead atoms. The molecule has 0 aliphatic rings. The molecular formula is C18H19N3O5S. The predicted octanol–water partition coefficient (Wildman–Crippen LogP) is 2.54. The Balaban J connectivity index is 1.80. The molecule has 0 aliphatic heterocycles. The van der Waals surface area contributed by atoms with Gasteiger partial charge in [-0.05, 0) is 30.7 Å². The maximum Gasteiger partial charge on any atom is 0.248 e. The minimum atomic E-state index is -3.88. The number of nitrogens with one attached hydrogen (secondary N) is 1. The Bertz CT molecular complexity index is 1050. The summed E-state index contributed by atoms with van der Waals surface area (Å²) in [7, 11) is -1.03. The highest BCUT2D eigenvalue weighted by Crippen LogP contribution is 2.28. The fraction of sp³-hybridized carbons (Fsp3) is 0.222. The second-order valence-electron chi connectivity index (χ2n) is 5.66. The highest BCUT2D eigenvalue weighted by molar-refractivity contribution is 7.89. The van der Waals surface area contributed by atoms with E-state index in [-0.39, 0.29) is 23.1 Å². The molecule has 8 nitrogen and oxygen atoms in total. The number of ether oxygens (including phenoxy) is 2. The van der Waals surface area contributed by atoms with Crippen LogP contribution >= 0.6 is 0 Å². The Kier molecular flexibility index (Phi) is 5.43. The van der Waals surface area contributed by atoms with Gasteiger partial charge in [0.1, 0.15) is 16.4 Å². The van der Waals surface area contributed by atoms with Crippen LogP contribution in [-0.2, 0) is 16.6 Å². The zero-order chi connectivity index (χ0) is 19.4. The van der Waals surface area contributed by atoms with Crippen molar-refractivity contribution in [1.29, 1.82) is 0 Å². The topological polar surface area (TPSA) is 104 Å². The van der Waals surface area contributed by atoms with Gasteiger partial charge in [-0.3, -0.25) is 0 Å². The molecule has 9 heteroatoms. The number of aryl methyl sites for hydroxylation is 1. The summed E-state index contributed by atoms with van der Waals surface area (Å²) in [6.07, 6.45) is 0. The van der Waals surface area contributed by atoms with E-state index in [0.29, 0.717) is 11.6 Å². The van der Waals surface area contributed by atoms with E-state index in [2.05, 4.69) is 14.9 Å². The molecule has 0 unspecified atom stereocenters. The summed E-state index contributed by atoms with van der Waals surface area (Å²) in [5.74, 6) is 1.09. The molecule has 1 N–H and O–H groups in total. The van der Waals surface area contributed by atoms with Gasteiger partial charge >= 0.3 is 0 Å². The molecule has 0 amide bonds. The largest absolute Gasteiger partial charge is 0.497 e. The van der Waals surface area contributed by atoms with E-state index in [1.54, 1.807) is 6.07 Å². The third-order valence-corrected chi connectivity index (χ3v) is 5.34. The van der Waals surface area contributed by atoms with Crippen LogP contribution in [0.1, 0.15) is 11.5 Å². The van der Waals surface area contributed by atoms with Crippen LogP contribution in [0.4, 0.5) is 0 Å².